The van der Waals surface area contributed by atoms with Crippen molar-refractivity contribution in [2.24, 2.45) is 12.8 Å². The van der Waals surface area contributed by atoms with Gasteiger partial charge in [0.2, 0.25) is 0 Å². The number of hydrogen-bond donors (Lipinski definition) is 2. The Morgan fingerprint density at radius 2 is 2.05 bits per heavy atom. The molecular weight excluding hydrogens is 250 g/mol. The molecule has 0 fully saturated rings. The Hall–Kier alpha value is -1.65. The van der Waals surface area contributed by atoms with Crippen molar-refractivity contribution in [2.45, 2.75) is 31.3 Å². The van der Waals surface area contributed by atoms with Crippen LogP contribution in [0.4, 0.5) is 0 Å². The quantitative estimate of drug-likeness (QED) is 0.841. The first kappa shape index (κ1) is 14.8. The van der Waals surface area contributed by atoms with Crippen LogP contribution in [-0.4, -0.2) is 27.3 Å². The van der Waals surface area contributed by atoms with Crippen LogP contribution in [0.1, 0.15) is 24.7 Å². The summed E-state index contributed by atoms with van der Waals surface area (Å²) >= 11 is 0. The minimum absolute atomic E-state index is 0.416. The molecule has 0 aliphatic carbocycles. The summed E-state index contributed by atoms with van der Waals surface area (Å²) in [6.07, 6.45) is 4.79. The minimum atomic E-state index is -0.504. The lowest BCUT2D eigenvalue weighted by atomic mass is 9.72. The van der Waals surface area contributed by atoms with Gasteiger partial charge in [0.15, 0.2) is 0 Å². The van der Waals surface area contributed by atoms with E-state index in [1.54, 1.807) is 6.20 Å². The Morgan fingerprint density at radius 3 is 2.55 bits per heavy atom. The average molecular weight is 273 g/mol. The third-order valence-electron chi connectivity index (χ3n) is 4.23. The fourth-order valence-electron chi connectivity index (χ4n) is 2.73. The highest BCUT2D eigenvalue weighted by atomic mass is 16.3. The molecule has 1 heterocycles. The number of aliphatic hydroxyl groups is 1. The summed E-state index contributed by atoms with van der Waals surface area (Å²) in [6, 6.07) is 10.0. The maximum atomic E-state index is 10.3. The van der Waals surface area contributed by atoms with Crippen molar-refractivity contribution in [3.63, 3.8) is 0 Å². The van der Waals surface area contributed by atoms with E-state index in [1.165, 1.54) is 0 Å². The summed E-state index contributed by atoms with van der Waals surface area (Å²) in [5.41, 5.74) is 6.70. The molecule has 1 aromatic heterocycles. The SMILES string of the molecule is CC(O)C(CN)(CCc1nccn1C)c1ccccc1. The number of aromatic nitrogens is 2. The fraction of sp³-hybridized carbons (Fsp3) is 0.438. The second kappa shape index (κ2) is 6.20. The normalized spacial score (nSPS) is 15.8. The van der Waals surface area contributed by atoms with Gasteiger partial charge in [0, 0.05) is 37.8 Å². The van der Waals surface area contributed by atoms with Gasteiger partial charge in [-0.3, -0.25) is 0 Å². The monoisotopic (exact) mass is 273 g/mol. The highest BCUT2D eigenvalue weighted by Crippen LogP contribution is 2.32. The number of nitrogens with two attached hydrogens (primary N) is 1. The number of imidazole rings is 1. The summed E-state index contributed by atoms with van der Waals surface area (Å²) in [7, 11) is 1.98. The number of rotatable bonds is 6. The first-order valence-corrected chi connectivity index (χ1v) is 7.00. The lowest BCUT2D eigenvalue weighted by Crippen LogP contribution is -2.45. The largest absolute Gasteiger partial charge is 0.392 e. The zero-order valence-corrected chi connectivity index (χ0v) is 12.2. The molecule has 0 bridgehead atoms. The molecule has 0 spiro atoms. The molecule has 3 N–H and O–H groups in total. The van der Waals surface area contributed by atoms with E-state index in [9.17, 15) is 5.11 Å². The fourth-order valence-corrected chi connectivity index (χ4v) is 2.73. The van der Waals surface area contributed by atoms with Gasteiger partial charge in [-0.15, -0.1) is 0 Å². The molecular formula is C16H23N3O. The first-order chi connectivity index (χ1) is 9.60. The van der Waals surface area contributed by atoms with Gasteiger partial charge in [-0.2, -0.15) is 0 Å². The van der Waals surface area contributed by atoms with Crippen LogP contribution in [0.3, 0.4) is 0 Å². The van der Waals surface area contributed by atoms with E-state index in [1.807, 2.05) is 55.1 Å². The predicted octanol–water partition coefficient (Wildman–Crippen LogP) is 1.63. The number of hydrogen-bond acceptors (Lipinski definition) is 3. The van der Waals surface area contributed by atoms with E-state index < -0.39 is 11.5 Å². The smallest absolute Gasteiger partial charge is 0.108 e. The molecule has 0 amide bonds. The Labute approximate surface area is 120 Å². The van der Waals surface area contributed by atoms with E-state index in [-0.39, 0.29) is 0 Å². The van der Waals surface area contributed by atoms with Crippen LogP contribution < -0.4 is 5.73 Å². The Bertz CT molecular complexity index is 536. The number of aliphatic hydroxyl groups excluding tert-OH is 1. The summed E-state index contributed by atoms with van der Waals surface area (Å²) < 4.78 is 2.01. The molecule has 108 valence electrons. The van der Waals surface area contributed by atoms with Crippen molar-refractivity contribution in [2.75, 3.05) is 6.54 Å². The van der Waals surface area contributed by atoms with Crippen LogP contribution >= 0.6 is 0 Å². The molecule has 0 radical (unpaired) electrons. The third kappa shape index (κ3) is 2.76. The van der Waals surface area contributed by atoms with Gasteiger partial charge < -0.3 is 15.4 Å². The molecule has 4 heteroatoms. The van der Waals surface area contributed by atoms with Crippen molar-refractivity contribution >= 4 is 0 Å². The van der Waals surface area contributed by atoms with Gasteiger partial charge in [-0.1, -0.05) is 30.3 Å². The van der Waals surface area contributed by atoms with E-state index in [0.717, 1.165) is 24.2 Å². The van der Waals surface area contributed by atoms with Gasteiger partial charge in [0.1, 0.15) is 5.82 Å². The second-order valence-corrected chi connectivity index (χ2v) is 5.36. The molecule has 2 atom stereocenters. The Balaban J connectivity index is 2.26. The van der Waals surface area contributed by atoms with E-state index in [2.05, 4.69) is 4.98 Å². The molecule has 0 aliphatic heterocycles. The lowest BCUT2D eigenvalue weighted by Gasteiger charge is -2.36. The van der Waals surface area contributed by atoms with E-state index in [4.69, 9.17) is 5.73 Å². The molecule has 1 aromatic carbocycles. The highest BCUT2D eigenvalue weighted by Gasteiger charge is 2.35. The first-order valence-electron chi connectivity index (χ1n) is 7.00. The van der Waals surface area contributed by atoms with Crippen LogP contribution in [0.15, 0.2) is 42.7 Å². The third-order valence-corrected chi connectivity index (χ3v) is 4.23. The predicted molar refractivity (Wildman–Crippen MR) is 80.4 cm³/mol. The van der Waals surface area contributed by atoms with Crippen molar-refractivity contribution in [1.29, 1.82) is 0 Å². The Kier molecular flexibility index (Phi) is 4.57. The molecule has 20 heavy (non-hydrogen) atoms. The molecule has 2 unspecified atom stereocenters. The van der Waals surface area contributed by atoms with Gasteiger partial charge in [0.25, 0.3) is 0 Å². The standard InChI is InChI=1S/C16H23N3O/c1-13(20)16(12-17,14-6-4-3-5-7-14)9-8-15-18-10-11-19(15)2/h3-7,10-11,13,20H,8-9,12,17H2,1-2H3. The van der Waals surface area contributed by atoms with Crippen molar-refractivity contribution in [3.05, 3.63) is 54.1 Å². The summed E-state index contributed by atoms with van der Waals surface area (Å²) in [6.45, 7) is 2.23. The van der Waals surface area contributed by atoms with E-state index >= 15 is 0 Å². The second-order valence-electron chi connectivity index (χ2n) is 5.36. The maximum Gasteiger partial charge on any atom is 0.108 e. The summed E-state index contributed by atoms with van der Waals surface area (Å²) in [4.78, 5) is 4.35. The molecule has 0 saturated heterocycles. The number of aryl methyl sites for hydroxylation is 2. The van der Waals surface area contributed by atoms with Gasteiger partial charge in [-0.25, -0.2) is 4.98 Å². The average Bonchev–Trinajstić information content (AvgIpc) is 2.86. The van der Waals surface area contributed by atoms with Crippen molar-refractivity contribution in [1.82, 2.24) is 9.55 Å². The zero-order valence-electron chi connectivity index (χ0n) is 12.2. The van der Waals surface area contributed by atoms with Gasteiger partial charge in [-0.05, 0) is 18.9 Å². The van der Waals surface area contributed by atoms with Gasteiger partial charge in [0.05, 0.1) is 6.10 Å². The molecule has 4 nitrogen and oxygen atoms in total. The zero-order chi connectivity index (χ0) is 14.6. The Morgan fingerprint density at radius 1 is 1.35 bits per heavy atom. The van der Waals surface area contributed by atoms with Crippen LogP contribution in [0, 0.1) is 0 Å². The van der Waals surface area contributed by atoms with E-state index in [0.29, 0.717) is 6.54 Å². The minimum Gasteiger partial charge on any atom is -0.392 e. The topological polar surface area (TPSA) is 64.1 Å². The summed E-state index contributed by atoms with van der Waals surface area (Å²) in [5, 5.41) is 10.3. The molecule has 0 saturated carbocycles. The summed E-state index contributed by atoms with van der Waals surface area (Å²) in [5.74, 6) is 1.01. The lowest BCUT2D eigenvalue weighted by molar-refractivity contribution is 0.0939. The molecule has 0 aliphatic rings. The van der Waals surface area contributed by atoms with Crippen molar-refractivity contribution in [3.8, 4) is 0 Å². The van der Waals surface area contributed by atoms with Crippen LogP contribution in [0.25, 0.3) is 0 Å². The molecule has 2 aromatic rings. The highest BCUT2D eigenvalue weighted by molar-refractivity contribution is 5.28. The van der Waals surface area contributed by atoms with Crippen LogP contribution in [-0.2, 0) is 18.9 Å². The maximum absolute atomic E-state index is 10.3. The van der Waals surface area contributed by atoms with Crippen LogP contribution in [0.5, 0.6) is 0 Å². The van der Waals surface area contributed by atoms with Gasteiger partial charge >= 0.3 is 0 Å². The number of nitrogens with zero attached hydrogens (tertiary/aromatic N) is 2. The molecule has 2 rings (SSSR count). The number of benzene rings is 1. The van der Waals surface area contributed by atoms with Crippen LogP contribution in [0.2, 0.25) is 0 Å². The van der Waals surface area contributed by atoms with Crippen molar-refractivity contribution < 1.29 is 5.11 Å².